The SMILES string of the molecule is CC(C)(C)n1nc(CCc2cc(NC(=O)c3cccc(S(C)(=O)=O)c3)ccc2F)cc1Nc1cnccn1. The normalized spacial score (nSPS) is 11.8. The van der Waals surface area contributed by atoms with Crippen LogP contribution in [0.1, 0.15) is 42.4 Å². The molecule has 0 spiro atoms. The Balaban J connectivity index is 1.50. The van der Waals surface area contributed by atoms with E-state index in [0.29, 0.717) is 29.9 Å². The van der Waals surface area contributed by atoms with Crippen molar-refractivity contribution in [2.24, 2.45) is 0 Å². The molecule has 2 N–H and O–H groups in total. The molecule has 0 aliphatic rings. The molecule has 0 fully saturated rings. The van der Waals surface area contributed by atoms with Crippen LogP contribution in [0, 0.1) is 5.82 Å². The number of aryl methyl sites for hydroxylation is 2. The van der Waals surface area contributed by atoms with Crippen LogP contribution in [0.5, 0.6) is 0 Å². The fraction of sp³-hybridized carbons (Fsp3) is 0.259. The molecule has 0 bridgehead atoms. The Hall–Kier alpha value is -4.12. The van der Waals surface area contributed by atoms with Crippen LogP contribution in [0.4, 0.5) is 21.7 Å². The molecule has 9 nitrogen and oxygen atoms in total. The number of nitrogens with one attached hydrogen (secondary N) is 2. The first-order valence-corrected chi connectivity index (χ1v) is 13.8. The highest BCUT2D eigenvalue weighted by Gasteiger charge is 2.20. The summed E-state index contributed by atoms with van der Waals surface area (Å²) in [5, 5.41) is 10.7. The van der Waals surface area contributed by atoms with Crippen LogP contribution in [-0.4, -0.2) is 40.3 Å². The number of nitrogens with zero attached hydrogens (tertiary/aromatic N) is 4. The quantitative estimate of drug-likeness (QED) is 0.333. The molecule has 38 heavy (non-hydrogen) atoms. The van der Waals surface area contributed by atoms with Gasteiger partial charge >= 0.3 is 0 Å². The third-order valence-corrected chi connectivity index (χ3v) is 6.80. The minimum atomic E-state index is -3.45. The van der Waals surface area contributed by atoms with Crippen LogP contribution in [-0.2, 0) is 28.2 Å². The van der Waals surface area contributed by atoms with Gasteiger partial charge in [-0.2, -0.15) is 5.10 Å². The Kier molecular flexibility index (Phi) is 7.58. The van der Waals surface area contributed by atoms with Gasteiger partial charge in [0.2, 0.25) is 0 Å². The monoisotopic (exact) mass is 536 g/mol. The lowest BCUT2D eigenvalue weighted by Crippen LogP contribution is -2.24. The largest absolute Gasteiger partial charge is 0.324 e. The Labute approximate surface area is 221 Å². The summed E-state index contributed by atoms with van der Waals surface area (Å²) in [5.41, 5.74) is 1.46. The number of benzene rings is 2. The van der Waals surface area contributed by atoms with Crippen molar-refractivity contribution in [3.05, 3.63) is 89.8 Å². The topological polar surface area (TPSA) is 119 Å². The van der Waals surface area contributed by atoms with Gasteiger partial charge in [0.25, 0.3) is 5.91 Å². The highest BCUT2D eigenvalue weighted by molar-refractivity contribution is 7.90. The van der Waals surface area contributed by atoms with Gasteiger partial charge in [0.15, 0.2) is 9.84 Å². The fourth-order valence-electron chi connectivity index (χ4n) is 3.83. The van der Waals surface area contributed by atoms with E-state index in [1.807, 2.05) is 31.5 Å². The van der Waals surface area contributed by atoms with E-state index < -0.39 is 21.6 Å². The van der Waals surface area contributed by atoms with Crippen LogP contribution in [0.25, 0.3) is 0 Å². The zero-order chi connectivity index (χ0) is 27.5. The highest BCUT2D eigenvalue weighted by Crippen LogP contribution is 2.25. The summed E-state index contributed by atoms with van der Waals surface area (Å²) in [6, 6.07) is 12.0. The molecule has 2 aromatic carbocycles. The third kappa shape index (κ3) is 6.60. The van der Waals surface area contributed by atoms with Crippen molar-refractivity contribution < 1.29 is 17.6 Å². The van der Waals surface area contributed by atoms with E-state index in [4.69, 9.17) is 5.10 Å². The van der Waals surface area contributed by atoms with Crippen molar-refractivity contribution in [1.29, 1.82) is 0 Å². The molecule has 0 aliphatic heterocycles. The predicted octanol–water partition coefficient (Wildman–Crippen LogP) is 4.75. The maximum Gasteiger partial charge on any atom is 0.255 e. The minimum absolute atomic E-state index is 0.0489. The first-order chi connectivity index (χ1) is 17.9. The summed E-state index contributed by atoms with van der Waals surface area (Å²) in [6.07, 6.45) is 6.70. The average molecular weight is 537 g/mol. The van der Waals surface area contributed by atoms with Crippen molar-refractivity contribution in [3.8, 4) is 0 Å². The molecule has 198 valence electrons. The Morgan fingerprint density at radius 1 is 1.05 bits per heavy atom. The number of carbonyl (C=O) groups is 1. The molecule has 4 aromatic rings. The van der Waals surface area contributed by atoms with Crippen LogP contribution in [0.15, 0.2) is 72.0 Å². The van der Waals surface area contributed by atoms with Gasteiger partial charge < -0.3 is 10.6 Å². The van der Waals surface area contributed by atoms with E-state index in [9.17, 15) is 17.6 Å². The van der Waals surface area contributed by atoms with Crippen LogP contribution in [0.2, 0.25) is 0 Å². The van der Waals surface area contributed by atoms with E-state index >= 15 is 0 Å². The zero-order valence-electron chi connectivity index (χ0n) is 21.6. The summed E-state index contributed by atoms with van der Waals surface area (Å²) in [4.78, 5) is 21.1. The minimum Gasteiger partial charge on any atom is -0.324 e. The molecule has 4 rings (SSSR count). The summed E-state index contributed by atoms with van der Waals surface area (Å²) in [5.74, 6) is 0.443. The summed E-state index contributed by atoms with van der Waals surface area (Å²) in [6.45, 7) is 6.09. The van der Waals surface area contributed by atoms with Crippen molar-refractivity contribution in [2.75, 3.05) is 16.9 Å². The molecule has 0 radical (unpaired) electrons. The Morgan fingerprint density at radius 2 is 1.84 bits per heavy atom. The van der Waals surface area contributed by atoms with Gasteiger partial charge in [-0.3, -0.25) is 9.78 Å². The van der Waals surface area contributed by atoms with Gasteiger partial charge in [0.05, 0.1) is 22.3 Å². The number of anilines is 3. The maximum atomic E-state index is 14.6. The van der Waals surface area contributed by atoms with Gasteiger partial charge in [-0.1, -0.05) is 6.07 Å². The molecular formula is C27H29FN6O3S. The average Bonchev–Trinajstić information content (AvgIpc) is 3.27. The number of carbonyl (C=O) groups excluding carboxylic acids is 1. The zero-order valence-corrected chi connectivity index (χ0v) is 22.4. The maximum absolute atomic E-state index is 14.6. The highest BCUT2D eigenvalue weighted by atomic mass is 32.2. The molecule has 0 aliphatic carbocycles. The number of hydrogen-bond donors (Lipinski definition) is 2. The number of hydrogen-bond acceptors (Lipinski definition) is 7. The second-order valence-electron chi connectivity index (χ2n) is 9.88. The molecule has 2 heterocycles. The van der Waals surface area contributed by atoms with Gasteiger partial charge in [0, 0.05) is 36.0 Å². The number of rotatable bonds is 8. The number of sulfone groups is 1. The van der Waals surface area contributed by atoms with Crippen molar-refractivity contribution >= 4 is 33.1 Å². The Bertz CT molecular complexity index is 1560. The lowest BCUT2D eigenvalue weighted by Gasteiger charge is -2.22. The molecule has 1 amide bonds. The van der Waals surface area contributed by atoms with Gasteiger partial charge in [-0.25, -0.2) is 22.5 Å². The van der Waals surface area contributed by atoms with Crippen LogP contribution < -0.4 is 10.6 Å². The smallest absolute Gasteiger partial charge is 0.255 e. The molecule has 0 unspecified atom stereocenters. The number of halogens is 1. The van der Waals surface area contributed by atoms with Gasteiger partial charge in [-0.15, -0.1) is 0 Å². The number of amides is 1. The lowest BCUT2D eigenvalue weighted by molar-refractivity contribution is 0.102. The van der Waals surface area contributed by atoms with E-state index in [0.717, 1.165) is 17.8 Å². The lowest BCUT2D eigenvalue weighted by atomic mass is 10.1. The third-order valence-electron chi connectivity index (χ3n) is 5.69. The van der Waals surface area contributed by atoms with Crippen molar-refractivity contribution in [3.63, 3.8) is 0 Å². The molecule has 2 aromatic heterocycles. The molecule has 0 saturated carbocycles. The molecule has 0 saturated heterocycles. The molecular weight excluding hydrogens is 507 g/mol. The van der Waals surface area contributed by atoms with Gasteiger partial charge in [0.1, 0.15) is 17.5 Å². The van der Waals surface area contributed by atoms with E-state index in [-0.39, 0.29) is 16.0 Å². The molecule has 11 heteroatoms. The standard InChI is InChI=1S/C27H29FN6O3S/c1-27(2,3)34-25(32-24-17-29-12-13-30-24)16-21(33-34)9-8-18-14-20(10-11-23(18)28)31-26(35)19-6-5-7-22(15-19)38(4,36)37/h5-7,10-17H,8-9H2,1-4H3,(H,30,32)(H,31,35). The first-order valence-electron chi connectivity index (χ1n) is 11.9. The second-order valence-corrected chi connectivity index (χ2v) is 11.9. The van der Waals surface area contributed by atoms with Gasteiger partial charge in [-0.05, 0) is 75.6 Å². The number of aromatic nitrogens is 4. The van der Waals surface area contributed by atoms with E-state index in [1.54, 1.807) is 24.7 Å². The predicted molar refractivity (Wildman–Crippen MR) is 144 cm³/mol. The van der Waals surface area contributed by atoms with E-state index in [1.165, 1.54) is 36.4 Å². The van der Waals surface area contributed by atoms with Crippen molar-refractivity contribution in [1.82, 2.24) is 19.7 Å². The van der Waals surface area contributed by atoms with Crippen molar-refractivity contribution in [2.45, 2.75) is 44.0 Å². The van der Waals surface area contributed by atoms with Crippen LogP contribution >= 0.6 is 0 Å². The summed E-state index contributed by atoms with van der Waals surface area (Å²) in [7, 11) is -3.45. The van der Waals surface area contributed by atoms with Crippen LogP contribution in [0.3, 0.4) is 0 Å². The molecule has 0 atom stereocenters. The Morgan fingerprint density at radius 3 is 2.53 bits per heavy atom. The second kappa shape index (κ2) is 10.7. The summed E-state index contributed by atoms with van der Waals surface area (Å²) < 4.78 is 40.1. The first kappa shape index (κ1) is 26.9. The fourth-order valence-corrected chi connectivity index (χ4v) is 4.49. The summed E-state index contributed by atoms with van der Waals surface area (Å²) >= 11 is 0. The van der Waals surface area contributed by atoms with E-state index in [2.05, 4.69) is 20.6 Å².